The third-order valence-electron chi connectivity index (χ3n) is 4.15. The second-order valence-corrected chi connectivity index (χ2v) is 6.01. The van der Waals surface area contributed by atoms with Gasteiger partial charge in [0.25, 0.3) is 5.91 Å². The Balaban J connectivity index is 1.79. The number of benzene rings is 2. The van der Waals surface area contributed by atoms with Crippen molar-refractivity contribution in [2.75, 3.05) is 23.9 Å². The summed E-state index contributed by atoms with van der Waals surface area (Å²) in [5.41, 5.74) is 2.89. The Bertz CT molecular complexity index is 911. The van der Waals surface area contributed by atoms with E-state index >= 15 is 0 Å². The molecule has 2 aromatic carbocycles. The molecular formula is C21H22N4O2. The highest BCUT2D eigenvalue weighted by Crippen LogP contribution is 2.26. The summed E-state index contributed by atoms with van der Waals surface area (Å²) in [4.78, 5) is 14.6. The van der Waals surface area contributed by atoms with Crippen molar-refractivity contribution in [3.05, 3.63) is 71.9 Å². The minimum absolute atomic E-state index is 0.242. The lowest BCUT2D eigenvalue weighted by Crippen LogP contribution is -2.20. The maximum absolute atomic E-state index is 12.5. The zero-order valence-electron chi connectivity index (χ0n) is 15.6. The molecule has 0 aliphatic heterocycles. The quantitative estimate of drug-likeness (QED) is 0.712. The zero-order chi connectivity index (χ0) is 19.2. The number of methoxy groups -OCH3 is 1. The lowest BCUT2D eigenvalue weighted by Gasteiger charge is -2.21. The number of hydrogen-bond acceptors (Lipinski definition) is 5. The molecule has 1 heterocycles. The maximum atomic E-state index is 12.5. The second kappa shape index (κ2) is 8.31. The first-order valence-corrected chi connectivity index (χ1v) is 8.74. The van der Waals surface area contributed by atoms with Gasteiger partial charge in [-0.2, -0.15) is 0 Å². The summed E-state index contributed by atoms with van der Waals surface area (Å²) in [5.74, 6) is 0.953. The molecule has 27 heavy (non-hydrogen) atoms. The van der Waals surface area contributed by atoms with Crippen molar-refractivity contribution >= 4 is 23.1 Å². The van der Waals surface area contributed by atoms with Gasteiger partial charge >= 0.3 is 0 Å². The van der Waals surface area contributed by atoms with Crippen molar-refractivity contribution in [2.24, 2.45) is 0 Å². The SMILES string of the molecule is CCN(c1ccccc1)c1ccc(C(=O)Nc2cc(C)ccc2OC)nn1. The highest BCUT2D eigenvalue weighted by molar-refractivity contribution is 6.03. The van der Waals surface area contributed by atoms with E-state index in [0.29, 0.717) is 17.3 Å². The Labute approximate surface area is 158 Å². The van der Waals surface area contributed by atoms with E-state index in [1.165, 1.54) is 0 Å². The first-order chi connectivity index (χ1) is 13.1. The molecule has 3 aromatic rings. The molecule has 1 aromatic heterocycles. The van der Waals surface area contributed by atoms with Crippen molar-refractivity contribution < 1.29 is 9.53 Å². The van der Waals surface area contributed by atoms with Crippen LogP contribution in [0.1, 0.15) is 23.0 Å². The Hall–Kier alpha value is -3.41. The van der Waals surface area contributed by atoms with E-state index in [1.54, 1.807) is 19.2 Å². The molecule has 0 radical (unpaired) electrons. The Kier molecular flexibility index (Phi) is 5.66. The largest absolute Gasteiger partial charge is 0.495 e. The molecule has 6 heteroatoms. The van der Waals surface area contributed by atoms with Crippen LogP contribution in [0.2, 0.25) is 0 Å². The van der Waals surface area contributed by atoms with E-state index in [0.717, 1.165) is 17.8 Å². The summed E-state index contributed by atoms with van der Waals surface area (Å²) < 4.78 is 5.29. The van der Waals surface area contributed by atoms with Crippen LogP contribution < -0.4 is 15.0 Å². The van der Waals surface area contributed by atoms with Gasteiger partial charge in [-0.1, -0.05) is 24.3 Å². The Morgan fingerprint density at radius 1 is 1.07 bits per heavy atom. The minimum Gasteiger partial charge on any atom is -0.495 e. The Morgan fingerprint density at radius 3 is 2.48 bits per heavy atom. The first kappa shape index (κ1) is 18.4. The number of rotatable bonds is 6. The average Bonchev–Trinajstić information content (AvgIpc) is 2.70. The minimum atomic E-state index is -0.333. The molecule has 138 valence electrons. The van der Waals surface area contributed by atoms with Crippen LogP contribution >= 0.6 is 0 Å². The number of ether oxygens (including phenoxy) is 1. The molecule has 0 aliphatic carbocycles. The van der Waals surface area contributed by atoms with Crippen LogP contribution in [0.15, 0.2) is 60.7 Å². The Morgan fingerprint density at radius 2 is 1.85 bits per heavy atom. The number of hydrogen-bond donors (Lipinski definition) is 1. The lowest BCUT2D eigenvalue weighted by atomic mass is 10.2. The topological polar surface area (TPSA) is 67.4 Å². The van der Waals surface area contributed by atoms with Gasteiger partial charge in [-0.05, 0) is 55.8 Å². The van der Waals surface area contributed by atoms with Gasteiger partial charge in [-0.15, -0.1) is 10.2 Å². The fourth-order valence-electron chi connectivity index (χ4n) is 2.78. The first-order valence-electron chi connectivity index (χ1n) is 8.74. The molecule has 0 saturated carbocycles. The molecule has 3 rings (SSSR count). The van der Waals surface area contributed by atoms with Crippen LogP contribution in [0.25, 0.3) is 0 Å². The molecule has 0 saturated heterocycles. The van der Waals surface area contributed by atoms with Crippen molar-refractivity contribution in [3.8, 4) is 5.75 Å². The van der Waals surface area contributed by atoms with Crippen molar-refractivity contribution in [2.45, 2.75) is 13.8 Å². The van der Waals surface area contributed by atoms with Gasteiger partial charge in [0, 0.05) is 12.2 Å². The van der Waals surface area contributed by atoms with E-state index in [-0.39, 0.29) is 11.6 Å². The summed E-state index contributed by atoms with van der Waals surface area (Å²) in [6.07, 6.45) is 0. The number of nitrogens with zero attached hydrogens (tertiary/aromatic N) is 3. The maximum Gasteiger partial charge on any atom is 0.276 e. The van der Waals surface area contributed by atoms with Gasteiger partial charge in [-0.3, -0.25) is 4.79 Å². The number of aromatic nitrogens is 2. The fourth-order valence-corrected chi connectivity index (χ4v) is 2.78. The van der Waals surface area contributed by atoms with E-state index in [2.05, 4.69) is 15.5 Å². The number of nitrogens with one attached hydrogen (secondary N) is 1. The number of aryl methyl sites for hydroxylation is 1. The van der Waals surface area contributed by atoms with Crippen LogP contribution in [-0.4, -0.2) is 29.8 Å². The predicted octanol–water partition coefficient (Wildman–Crippen LogP) is 4.20. The van der Waals surface area contributed by atoms with Crippen LogP contribution in [0.5, 0.6) is 5.75 Å². The van der Waals surface area contributed by atoms with Gasteiger partial charge < -0.3 is 15.0 Å². The van der Waals surface area contributed by atoms with Crippen LogP contribution in [-0.2, 0) is 0 Å². The summed E-state index contributed by atoms with van der Waals surface area (Å²) in [6, 6.07) is 19.0. The van der Waals surface area contributed by atoms with Gasteiger partial charge in [0.1, 0.15) is 5.75 Å². The van der Waals surface area contributed by atoms with Crippen molar-refractivity contribution in [3.63, 3.8) is 0 Å². The number of para-hydroxylation sites is 1. The fraction of sp³-hybridized carbons (Fsp3) is 0.190. The summed E-state index contributed by atoms with van der Waals surface area (Å²) >= 11 is 0. The van der Waals surface area contributed by atoms with Gasteiger partial charge in [0.05, 0.1) is 12.8 Å². The van der Waals surface area contributed by atoms with E-state index < -0.39 is 0 Å². The van der Waals surface area contributed by atoms with Crippen molar-refractivity contribution in [1.29, 1.82) is 0 Å². The highest BCUT2D eigenvalue weighted by atomic mass is 16.5. The van der Waals surface area contributed by atoms with Crippen LogP contribution in [0.4, 0.5) is 17.2 Å². The van der Waals surface area contributed by atoms with Gasteiger partial charge in [0.15, 0.2) is 11.5 Å². The molecule has 0 atom stereocenters. The molecule has 0 spiro atoms. The lowest BCUT2D eigenvalue weighted by molar-refractivity contribution is 0.102. The molecular weight excluding hydrogens is 340 g/mol. The highest BCUT2D eigenvalue weighted by Gasteiger charge is 2.14. The van der Waals surface area contributed by atoms with E-state index in [9.17, 15) is 4.79 Å². The number of anilines is 3. The average molecular weight is 362 g/mol. The van der Waals surface area contributed by atoms with Crippen molar-refractivity contribution in [1.82, 2.24) is 10.2 Å². The molecule has 1 N–H and O–H groups in total. The monoisotopic (exact) mass is 362 g/mol. The summed E-state index contributed by atoms with van der Waals surface area (Å²) in [5, 5.41) is 11.2. The third kappa shape index (κ3) is 4.23. The number of amides is 1. The molecule has 0 fully saturated rings. The van der Waals surface area contributed by atoms with E-state index in [4.69, 9.17) is 4.74 Å². The zero-order valence-corrected chi connectivity index (χ0v) is 15.6. The normalized spacial score (nSPS) is 10.3. The predicted molar refractivity (Wildman–Crippen MR) is 107 cm³/mol. The number of carbonyl (C=O) groups excluding carboxylic acids is 1. The van der Waals surface area contributed by atoms with Crippen LogP contribution in [0, 0.1) is 6.92 Å². The smallest absolute Gasteiger partial charge is 0.276 e. The van der Waals surface area contributed by atoms with Gasteiger partial charge in [0.2, 0.25) is 0 Å². The summed E-state index contributed by atoms with van der Waals surface area (Å²) in [7, 11) is 1.57. The molecule has 1 amide bonds. The van der Waals surface area contributed by atoms with Gasteiger partial charge in [-0.25, -0.2) is 0 Å². The second-order valence-electron chi connectivity index (χ2n) is 6.01. The molecule has 0 bridgehead atoms. The summed E-state index contributed by atoms with van der Waals surface area (Å²) in [6.45, 7) is 4.73. The standard InChI is InChI=1S/C21H22N4O2/c1-4-25(16-8-6-5-7-9-16)20-13-11-17(23-24-20)21(26)22-18-14-15(2)10-12-19(18)27-3/h5-14H,4H2,1-3H3,(H,22,26). The van der Waals surface area contributed by atoms with Crippen LogP contribution in [0.3, 0.4) is 0 Å². The molecule has 0 unspecified atom stereocenters. The molecule has 0 aliphatic rings. The van der Waals surface area contributed by atoms with E-state index in [1.807, 2.05) is 67.3 Å². The third-order valence-corrected chi connectivity index (χ3v) is 4.15. The molecule has 6 nitrogen and oxygen atoms in total. The number of carbonyl (C=O) groups is 1.